The number of hydrogen-bond acceptors (Lipinski definition) is 3. The minimum absolute atomic E-state index is 0.226. The SMILES string of the molecule is Brc1ccc(C2=NN3[C@H](C2)c2cc(Br)cc(Br)c2OC32CCCC2)cc1. The van der Waals surface area contributed by atoms with Gasteiger partial charge in [-0.3, -0.25) is 0 Å². The number of fused-ring (bicyclic) bond motifs is 4. The molecule has 0 saturated heterocycles. The van der Waals surface area contributed by atoms with Crippen molar-refractivity contribution in [3.8, 4) is 5.75 Å². The molecule has 0 aromatic heterocycles. The van der Waals surface area contributed by atoms with E-state index >= 15 is 0 Å². The number of ether oxygens (including phenoxy) is 1. The van der Waals surface area contributed by atoms with E-state index in [1.54, 1.807) is 0 Å². The number of hydrogen-bond donors (Lipinski definition) is 0. The number of benzene rings is 2. The number of nitrogens with zero attached hydrogens (tertiary/aromatic N) is 2. The summed E-state index contributed by atoms with van der Waals surface area (Å²) in [5, 5.41) is 7.35. The summed E-state index contributed by atoms with van der Waals surface area (Å²) >= 11 is 10.9. The summed E-state index contributed by atoms with van der Waals surface area (Å²) in [7, 11) is 0. The zero-order chi connectivity index (χ0) is 17.9. The van der Waals surface area contributed by atoms with E-state index in [1.807, 2.05) is 0 Å². The molecule has 3 nitrogen and oxygen atoms in total. The molecule has 134 valence electrons. The molecule has 2 aliphatic heterocycles. The van der Waals surface area contributed by atoms with Gasteiger partial charge in [0.05, 0.1) is 16.2 Å². The molecule has 2 aromatic carbocycles. The average molecular weight is 541 g/mol. The van der Waals surface area contributed by atoms with Crippen LogP contribution in [0.15, 0.2) is 54.9 Å². The second-order valence-corrected chi connectivity index (χ2v) is 9.87. The highest BCUT2D eigenvalue weighted by molar-refractivity contribution is 9.11. The van der Waals surface area contributed by atoms with Crippen LogP contribution in [0.4, 0.5) is 0 Å². The van der Waals surface area contributed by atoms with Gasteiger partial charge in [0.1, 0.15) is 5.75 Å². The molecule has 1 spiro atoms. The van der Waals surface area contributed by atoms with Crippen LogP contribution in [0, 0.1) is 0 Å². The Kier molecular flexibility index (Phi) is 4.22. The highest BCUT2D eigenvalue weighted by Crippen LogP contribution is 2.54. The van der Waals surface area contributed by atoms with Crippen LogP contribution in [-0.2, 0) is 0 Å². The molecular formula is C20H17Br3N2O. The smallest absolute Gasteiger partial charge is 0.198 e. The van der Waals surface area contributed by atoms with Crippen LogP contribution in [0.2, 0.25) is 0 Å². The molecule has 3 aliphatic rings. The Bertz CT molecular complexity index is 904. The number of rotatable bonds is 1. The van der Waals surface area contributed by atoms with Crippen molar-refractivity contribution < 1.29 is 4.74 Å². The predicted octanol–water partition coefficient (Wildman–Crippen LogP) is 6.79. The first-order valence-electron chi connectivity index (χ1n) is 8.86. The van der Waals surface area contributed by atoms with Gasteiger partial charge in [0.25, 0.3) is 0 Å². The first kappa shape index (κ1) is 17.3. The molecule has 2 heterocycles. The van der Waals surface area contributed by atoms with Crippen LogP contribution >= 0.6 is 47.8 Å². The second kappa shape index (κ2) is 6.35. The Labute approximate surface area is 178 Å². The van der Waals surface area contributed by atoms with Crippen molar-refractivity contribution in [2.45, 2.75) is 43.9 Å². The van der Waals surface area contributed by atoms with Gasteiger partial charge in [-0.1, -0.05) is 44.0 Å². The van der Waals surface area contributed by atoms with Crippen LogP contribution in [0.3, 0.4) is 0 Å². The first-order valence-corrected chi connectivity index (χ1v) is 11.2. The van der Waals surface area contributed by atoms with Gasteiger partial charge in [-0.05, 0) is 58.6 Å². The van der Waals surface area contributed by atoms with Crippen molar-refractivity contribution in [2.75, 3.05) is 0 Å². The second-order valence-electron chi connectivity index (χ2n) is 7.18. The van der Waals surface area contributed by atoms with Crippen LogP contribution in [-0.4, -0.2) is 16.4 Å². The third kappa shape index (κ3) is 2.68. The molecule has 2 aromatic rings. The molecule has 1 atom stereocenters. The fourth-order valence-corrected chi connectivity index (χ4v) is 5.98. The van der Waals surface area contributed by atoms with Crippen molar-refractivity contribution in [2.24, 2.45) is 5.10 Å². The molecule has 1 aliphatic carbocycles. The molecule has 0 amide bonds. The van der Waals surface area contributed by atoms with E-state index in [1.165, 1.54) is 24.0 Å². The molecule has 1 saturated carbocycles. The zero-order valence-corrected chi connectivity index (χ0v) is 18.8. The summed E-state index contributed by atoms with van der Waals surface area (Å²) < 4.78 is 9.80. The summed E-state index contributed by atoms with van der Waals surface area (Å²) in [6.45, 7) is 0. The maximum absolute atomic E-state index is 6.63. The van der Waals surface area contributed by atoms with Crippen LogP contribution in [0.25, 0.3) is 0 Å². The van der Waals surface area contributed by atoms with E-state index in [4.69, 9.17) is 9.84 Å². The Morgan fingerprint density at radius 1 is 1.00 bits per heavy atom. The summed E-state index contributed by atoms with van der Waals surface area (Å²) in [6, 6.07) is 12.9. The summed E-state index contributed by atoms with van der Waals surface area (Å²) in [5.74, 6) is 0.989. The van der Waals surface area contributed by atoms with E-state index in [0.717, 1.165) is 44.1 Å². The predicted molar refractivity (Wildman–Crippen MR) is 114 cm³/mol. The summed E-state index contributed by atoms with van der Waals surface area (Å²) in [5.41, 5.74) is 3.23. The Balaban J connectivity index is 1.62. The molecule has 0 radical (unpaired) electrons. The molecule has 6 heteroatoms. The quantitative estimate of drug-likeness (QED) is 0.398. The van der Waals surface area contributed by atoms with Gasteiger partial charge >= 0.3 is 0 Å². The van der Waals surface area contributed by atoms with Gasteiger partial charge in [-0.15, -0.1) is 0 Å². The summed E-state index contributed by atoms with van der Waals surface area (Å²) in [4.78, 5) is 0. The monoisotopic (exact) mass is 538 g/mol. The van der Waals surface area contributed by atoms with Gasteiger partial charge in [0.15, 0.2) is 5.72 Å². The normalized spacial score (nSPS) is 22.8. The van der Waals surface area contributed by atoms with Crippen LogP contribution in [0.5, 0.6) is 5.75 Å². The molecule has 1 fully saturated rings. The lowest BCUT2D eigenvalue weighted by Crippen LogP contribution is -2.51. The van der Waals surface area contributed by atoms with E-state index < -0.39 is 0 Å². The topological polar surface area (TPSA) is 24.8 Å². The van der Waals surface area contributed by atoms with E-state index in [9.17, 15) is 0 Å². The summed E-state index contributed by atoms with van der Waals surface area (Å²) in [6.07, 6.45) is 5.35. The van der Waals surface area contributed by atoms with Gasteiger partial charge in [0.2, 0.25) is 0 Å². The maximum Gasteiger partial charge on any atom is 0.198 e. The molecule has 5 rings (SSSR count). The lowest BCUT2D eigenvalue weighted by molar-refractivity contribution is -0.114. The fourth-order valence-electron chi connectivity index (χ4n) is 4.38. The number of halogens is 3. The van der Waals surface area contributed by atoms with Crippen molar-refractivity contribution in [3.05, 3.63) is 60.9 Å². The average Bonchev–Trinajstić information content (AvgIpc) is 3.25. The van der Waals surface area contributed by atoms with Gasteiger partial charge < -0.3 is 4.74 Å². The fraction of sp³-hybridized carbons (Fsp3) is 0.350. The highest BCUT2D eigenvalue weighted by atomic mass is 79.9. The highest BCUT2D eigenvalue weighted by Gasteiger charge is 2.52. The lowest BCUT2D eigenvalue weighted by atomic mass is 9.94. The zero-order valence-electron chi connectivity index (χ0n) is 14.0. The minimum Gasteiger partial charge on any atom is -0.465 e. The molecular weight excluding hydrogens is 524 g/mol. The van der Waals surface area contributed by atoms with Crippen molar-refractivity contribution in [3.63, 3.8) is 0 Å². The number of hydrazone groups is 1. The van der Waals surface area contributed by atoms with Crippen LogP contribution in [0.1, 0.15) is 49.3 Å². The lowest BCUT2D eigenvalue weighted by Gasteiger charge is -2.46. The standard InChI is InChI=1S/C20H17Br3N2O/c21-13-5-3-12(4-6-13)17-11-18-15-9-14(22)10-16(23)19(15)26-20(25(18)24-17)7-1-2-8-20/h3-6,9-10,18H,1-2,7-8,11H2/t18-/m1/s1. The van der Waals surface area contributed by atoms with Crippen LogP contribution < -0.4 is 4.74 Å². The molecule has 0 N–H and O–H groups in total. The van der Waals surface area contributed by atoms with Crippen molar-refractivity contribution in [1.82, 2.24) is 5.01 Å². The Morgan fingerprint density at radius 2 is 1.73 bits per heavy atom. The molecule has 0 unspecified atom stereocenters. The Morgan fingerprint density at radius 3 is 2.46 bits per heavy atom. The first-order chi connectivity index (χ1) is 12.6. The van der Waals surface area contributed by atoms with E-state index in [0.29, 0.717) is 0 Å². The van der Waals surface area contributed by atoms with E-state index in [-0.39, 0.29) is 11.8 Å². The maximum atomic E-state index is 6.63. The minimum atomic E-state index is -0.300. The Hall–Kier alpha value is -0.850. The van der Waals surface area contributed by atoms with Gasteiger partial charge in [0, 0.05) is 33.8 Å². The van der Waals surface area contributed by atoms with Gasteiger partial charge in [-0.25, -0.2) is 5.01 Å². The van der Waals surface area contributed by atoms with E-state index in [2.05, 4.69) is 89.2 Å². The molecule has 26 heavy (non-hydrogen) atoms. The largest absolute Gasteiger partial charge is 0.465 e. The third-order valence-electron chi connectivity index (χ3n) is 5.58. The van der Waals surface area contributed by atoms with Gasteiger partial charge in [-0.2, -0.15) is 5.10 Å². The molecule has 0 bridgehead atoms. The van der Waals surface area contributed by atoms with Crippen molar-refractivity contribution >= 4 is 53.5 Å². The third-order valence-corrected chi connectivity index (χ3v) is 7.15. The van der Waals surface area contributed by atoms with Crippen molar-refractivity contribution in [1.29, 1.82) is 0 Å².